The van der Waals surface area contributed by atoms with Gasteiger partial charge in [-0.15, -0.1) is 0 Å². The molecular formula is C22H22N2O4. The van der Waals surface area contributed by atoms with Crippen molar-refractivity contribution >= 4 is 11.8 Å². The van der Waals surface area contributed by atoms with Gasteiger partial charge in [0, 0.05) is 13.0 Å². The highest BCUT2D eigenvalue weighted by Crippen LogP contribution is 2.11. The minimum Gasteiger partial charge on any atom is -0.497 e. The van der Waals surface area contributed by atoms with E-state index in [2.05, 4.69) is 10.6 Å². The van der Waals surface area contributed by atoms with Crippen LogP contribution in [0.15, 0.2) is 77.4 Å². The topological polar surface area (TPSA) is 80.6 Å². The lowest BCUT2D eigenvalue weighted by molar-refractivity contribution is -0.123. The van der Waals surface area contributed by atoms with Crippen molar-refractivity contribution in [2.75, 3.05) is 7.11 Å². The first-order valence-electron chi connectivity index (χ1n) is 8.94. The van der Waals surface area contributed by atoms with Crippen molar-refractivity contribution in [1.82, 2.24) is 10.6 Å². The minimum absolute atomic E-state index is 0.168. The number of carbonyl (C=O) groups is 2. The second-order valence-electron chi connectivity index (χ2n) is 6.26. The molecule has 0 saturated carbocycles. The molecule has 28 heavy (non-hydrogen) atoms. The number of hydrogen-bond donors (Lipinski definition) is 2. The molecule has 3 rings (SSSR count). The van der Waals surface area contributed by atoms with Crippen LogP contribution in [0, 0.1) is 0 Å². The monoisotopic (exact) mass is 378 g/mol. The van der Waals surface area contributed by atoms with Gasteiger partial charge in [-0.3, -0.25) is 9.59 Å². The van der Waals surface area contributed by atoms with Crippen molar-refractivity contribution in [3.8, 4) is 5.75 Å². The molecule has 1 heterocycles. The third-order valence-corrected chi connectivity index (χ3v) is 4.28. The number of ether oxygens (including phenoxy) is 1. The molecular weight excluding hydrogens is 356 g/mol. The van der Waals surface area contributed by atoms with E-state index < -0.39 is 11.9 Å². The van der Waals surface area contributed by atoms with Crippen molar-refractivity contribution in [3.05, 3.63) is 89.9 Å². The van der Waals surface area contributed by atoms with Gasteiger partial charge in [-0.2, -0.15) is 0 Å². The first kappa shape index (κ1) is 19.2. The molecule has 0 bridgehead atoms. The van der Waals surface area contributed by atoms with Gasteiger partial charge < -0.3 is 19.8 Å². The van der Waals surface area contributed by atoms with Crippen LogP contribution in [0.1, 0.15) is 21.7 Å². The maximum Gasteiger partial charge on any atom is 0.287 e. The van der Waals surface area contributed by atoms with Gasteiger partial charge >= 0.3 is 0 Å². The summed E-state index contributed by atoms with van der Waals surface area (Å²) in [5.74, 6) is 0.230. The molecule has 144 valence electrons. The zero-order chi connectivity index (χ0) is 19.8. The smallest absolute Gasteiger partial charge is 0.287 e. The van der Waals surface area contributed by atoms with Crippen LogP contribution in [0.3, 0.4) is 0 Å². The molecule has 0 aliphatic carbocycles. The Kier molecular flexibility index (Phi) is 6.46. The van der Waals surface area contributed by atoms with Crippen LogP contribution in [-0.4, -0.2) is 25.0 Å². The number of methoxy groups -OCH3 is 1. The Balaban J connectivity index is 1.67. The second kappa shape index (κ2) is 9.41. The SMILES string of the molecule is COc1ccc(CNC(=O)C(Cc2ccccc2)NC(=O)c2ccco2)cc1. The molecule has 6 nitrogen and oxygen atoms in total. The molecule has 1 unspecified atom stereocenters. The van der Waals surface area contributed by atoms with E-state index in [1.807, 2.05) is 54.6 Å². The summed E-state index contributed by atoms with van der Waals surface area (Å²) in [4.78, 5) is 25.1. The van der Waals surface area contributed by atoms with Crippen LogP contribution in [0.4, 0.5) is 0 Å². The lowest BCUT2D eigenvalue weighted by Crippen LogP contribution is -2.47. The largest absolute Gasteiger partial charge is 0.497 e. The maximum atomic E-state index is 12.8. The molecule has 2 aromatic carbocycles. The van der Waals surface area contributed by atoms with Crippen LogP contribution in [-0.2, 0) is 17.8 Å². The summed E-state index contributed by atoms with van der Waals surface area (Å²) in [5.41, 5.74) is 1.89. The Morgan fingerprint density at radius 2 is 1.71 bits per heavy atom. The van der Waals surface area contributed by atoms with E-state index >= 15 is 0 Å². The molecule has 3 aromatic rings. The first-order chi connectivity index (χ1) is 13.7. The van der Waals surface area contributed by atoms with Crippen molar-refractivity contribution in [1.29, 1.82) is 0 Å². The fourth-order valence-electron chi connectivity index (χ4n) is 2.75. The molecule has 0 aliphatic heterocycles. The van der Waals surface area contributed by atoms with Crippen LogP contribution < -0.4 is 15.4 Å². The van der Waals surface area contributed by atoms with Crippen LogP contribution in [0.5, 0.6) is 5.75 Å². The van der Waals surface area contributed by atoms with Crippen LogP contribution in [0.2, 0.25) is 0 Å². The van der Waals surface area contributed by atoms with Gasteiger partial charge in [0.15, 0.2) is 5.76 Å². The van der Waals surface area contributed by atoms with Crippen LogP contribution >= 0.6 is 0 Å². The summed E-state index contributed by atoms with van der Waals surface area (Å²) in [6.07, 6.45) is 1.80. The summed E-state index contributed by atoms with van der Waals surface area (Å²) in [7, 11) is 1.60. The van der Waals surface area contributed by atoms with E-state index in [1.54, 1.807) is 19.2 Å². The fraction of sp³-hybridized carbons (Fsp3) is 0.182. The Bertz CT molecular complexity index is 890. The molecule has 1 atom stereocenters. The summed E-state index contributed by atoms with van der Waals surface area (Å²) in [5, 5.41) is 5.64. The van der Waals surface area contributed by atoms with Gasteiger partial charge in [0.1, 0.15) is 11.8 Å². The minimum atomic E-state index is -0.724. The fourth-order valence-corrected chi connectivity index (χ4v) is 2.75. The molecule has 0 saturated heterocycles. The van der Waals surface area contributed by atoms with Gasteiger partial charge in [0.2, 0.25) is 5.91 Å². The van der Waals surface area contributed by atoms with E-state index in [-0.39, 0.29) is 11.7 Å². The van der Waals surface area contributed by atoms with E-state index in [9.17, 15) is 9.59 Å². The van der Waals surface area contributed by atoms with Gasteiger partial charge in [-0.05, 0) is 35.4 Å². The number of amides is 2. The highest BCUT2D eigenvalue weighted by atomic mass is 16.5. The van der Waals surface area contributed by atoms with Crippen molar-refractivity contribution < 1.29 is 18.7 Å². The number of benzene rings is 2. The molecule has 0 aliphatic rings. The highest BCUT2D eigenvalue weighted by Gasteiger charge is 2.22. The highest BCUT2D eigenvalue weighted by molar-refractivity contribution is 5.95. The van der Waals surface area contributed by atoms with E-state index in [0.717, 1.165) is 16.9 Å². The lowest BCUT2D eigenvalue weighted by Gasteiger charge is -2.18. The summed E-state index contributed by atoms with van der Waals surface area (Å²) in [6, 6.07) is 19.4. The Morgan fingerprint density at radius 3 is 2.36 bits per heavy atom. The second-order valence-corrected chi connectivity index (χ2v) is 6.26. The molecule has 0 fully saturated rings. The van der Waals surface area contributed by atoms with Crippen molar-refractivity contribution in [2.24, 2.45) is 0 Å². The predicted molar refractivity (Wildman–Crippen MR) is 105 cm³/mol. The average Bonchev–Trinajstić information content (AvgIpc) is 3.28. The number of rotatable bonds is 8. The third kappa shape index (κ3) is 5.23. The molecule has 2 amide bonds. The van der Waals surface area contributed by atoms with Gasteiger partial charge in [0.25, 0.3) is 5.91 Å². The van der Waals surface area contributed by atoms with E-state index in [1.165, 1.54) is 6.26 Å². The molecule has 0 radical (unpaired) electrons. The quantitative estimate of drug-likeness (QED) is 0.632. The molecule has 1 aromatic heterocycles. The zero-order valence-electron chi connectivity index (χ0n) is 15.6. The Labute approximate surface area is 163 Å². The van der Waals surface area contributed by atoms with E-state index in [0.29, 0.717) is 13.0 Å². The normalized spacial score (nSPS) is 11.5. The van der Waals surface area contributed by atoms with Gasteiger partial charge in [-0.1, -0.05) is 42.5 Å². The molecule has 2 N–H and O–H groups in total. The van der Waals surface area contributed by atoms with E-state index in [4.69, 9.17) is 9.15 Å². The summed E-state index contributed by atoms with van der Waals surface area (Å²) in [6.45, 7) is 0.352. The standard InChI is InChI=1S/C22H22N2O4/c1-27-18-11-9-17(10-12-18)15-23-21(25)19(14-16-6-3-2-4-7-16)24-22(26)20-8-5-13-28-20/h2-13,19H,14-15H2,1H3,(H,23,25)(H,24,26). The molecule has 6 heteroatoms. The lowest BCUT2D eigenvalue weighted by atomic mass is 10.0. The number of hydrogen-bond acceptors (Lipinski definition) is 4. The van der Waals surface area contributed by atoms with Crippen molar-refractivity contribution in [3.63, 3.8) is 0 Å². The maximum absolute atomic E-state index is 12.8. The number of furan rings is 1. The van der Waals surface area contributed by atoms with Gasteiger partial charge in [-0.25, -0.2) is 0 Å². The Morgan fingerprint density at radius 1 is 0.964 bits per heavy atom. The first-order valence-corrected chi connectivity index (χ1v) is 8.94. The molecule has 0 spiro atoms. The number of carbonyl (C=O) groups excluding carboxylic acids is 2. The van der Waals surface area contributed by atoms with Crippen LogP contribution in [0.25, 0.3) is 0 Å². The predicted octanol–water partition coefficient (Wildman–Crippen LogP) is 2.95. The Hall–Kier alpha value is -3.54. The van der Waals surface area contributed by atoms with Crippen molar-refractivity contribution in [2.45, 2.75) is 19.0 Å². The summed E-state index contributed by atoms with van der Waals surface area (Å²) < 4.78 is 10.3. The zero-order valence-corrected chi connectivity index (χ0v) is 15.6. The average molecular weight is 378 g/mol. The number of nitrogens with one attached hydrogen (secondary N) is 2. The van der Waals surface area contributed by atoms with Gasteiger partial charge in [0.05, 0.1) is 13.4 Å². The summed E-state index contributed by atoms with van der Waals surface area (Å²) >= 11 is 0. The third-order valence-electron chi connectivity index (χ3n) is 4.28.